The van der Waals surface area contributed by atoms with Gasteiger partial charge < -0.3 is 20.1 Å². The zero-order valence-corrected chi connectivity index (χ0v) is 17.0. The van der Waals surface area contributed by atoms with E-state index in [4.69, 9.17) is 9.47 Å². The fourth-order valence-electron chi connectivity index (χ4n) is 2.80. The Hall–Kier alpha value is -3.35. The summed E-state index contributed by atoms with van der Waals surface area (Å²) in [6, 6.07) is 14.6. The van der Waals surface area contributed by atoms with Crippen molar-refractivity contribution in [2.75, 3.05) is 18.5 Å². The van der Waals surface area contributed by atoms with Gasteiger partial charge in [0.2, 0.25) is 0 Å². The predicted molar refractivity (Wildman–Crippen MR) is 112 cm³/mol. The highest BCUT2D eigenvalue weighted by molar-refractivity contribution is 6.04. The van der Waals surface area contributed by atoms with Gasteiger partial charge in [0.15, 0.2) is 6.61 Å². The van der Waals surface area contributed by atoms with Crippen LogP contribution >= 0.6 is 0 Å². The molecule has 0 aliphatic heterocycles. The predicted octanol–water partition coefficient (Wildman–Crippen LogP) is 3.23. The van der Waals surface area contributed by atoms with E-state index in [0.29, 0.717) is 24.3 Å². The molecule has 0 atom stereocenters. The van der Waals surface area contributed by atoms with Crippen molar-refractivity contribution in [1.29, 1.82) is 0 Å². The quantitative estimate of drug-likeness (QED) is 0.463. The molecule has 0 saturated heterocycles. The van der Waals surface area contributed by atoms with Gasteiger partial charge in [-0.25, -0.2) is 0 Å². The number of nitrogens with one attached hydrogen (secondary N) is 2. The molecule has 2 amide bonds. The minimum absolute atomic E-state index is 0.152. The van der Waals surface area contributed by atoms with Gasteiger partial charge in [-0.15, -0.1) is 0 Å². The summed E-state index contributed by atoms with van der Waals surface area (Å²) < 4.78 is 10.6. The fraction of sp³-hybridized carbons (Fsp3) is 0.348. The molecule has 3 rings (SSSR count). The van der Waals surface area contributed by atoms with Crippen LogP contribution in [0.2, 0.25) is 0 Å². The monoisotopic (exact) mass is 410 g/mol. The number of anilines is 1. The lowest BCUT2D eigenvalue weighted by molar-refractivity contribution is -0.147. The lowest BCUT2D eigenvalue weighted by Crippen LogP contribution is -2.28. The molecule has 0 spiro atoms. The van der Waals surface area contributed by atoms with Crippen LogP contribution in [0.25, 0.3) is 0 Å². The second-order valence-corrected chi connectivity index (χ2v) is 7.27. The zero-order chi connectivity index (χ0) is 21.3. The molecular formula is C23H26N2O5. The van der Waals surface area contributed by atoms with Gasteiger partial charge in [-0.05, 0) is 56.0 Å². The fourth-order valence-corrected chi connectivity index (χ4v) is 2.80. The van der Waals surface area contributed by atoms with Gasteiger partial charge in [0.25, 0.3) is 11.8 Å². The molecule has 0 radical (unpaired) electrons. The summed E-state index contributed by atoms with van der Waals surface area (Å²) >= 11 is 0. The first kappa shape index (κ1) is 21.4. The van der Waals surface area contributed by atoms with Gasteiger partial charge in [0.05, 0.1) is 17.9 Å². The van der Waals surface area contributed by atoms with Crippen molar-refractivity contribution < 1.29 is 23.9 Å². The van der Waals surface area contributed by atoms with Crippen LogP contribution in [-0.4, -0.2) is 37.0 Å². The molecule has 0 aromatic heterocycles. The Bertz CT molecular complexity index is 908. The van der Waals surface area contributed by atoms with Crippen LogP contribution < -0.4 is 15.4 Å². The molecule has 0 unspecified atom stereocenters. The normalized spacial score (nSPS) is 12.7. The number of amides is 2. The molecule has 0 heterocycles. The summed E-state index contributed by atoms with van der Waals surface area (Å²) in [4.78, 5) is 36.2. The van der Waals surface area contributed by atoms with E-state index < -0.39 is 18.5 Å². The van der Waals surface area contributed by atoms with Crippen LogP contribution in [-0.2, 0) is 14.3 Å². The van der Waals surface area contributed by atoms with Crippen molar-refractivity contribution in [3.05, 3.63) is 59.7 Å². The van der Waals surface area contributed by atoms with E-state index in [2.05, 4.69) is 10.6 Å². The van der Waals surface area contributed by atoms with Gasteiger partial charge in [-0.1, -0.05) is 24.3 Å². The average molecular weight is 410 g/mol. The lowest BCUT2D eigenvalue weighted by Gasteiger charge is -2.11. The minimum atomic E-state index is -0.494. The van der Waals surface area contributed by atoms with Crippen LogP contribution in [0.1, 0.15) is 41.6 Å². The van der Waals surface area contributed by atoms with Crippen molar-refractivity contribution >= 4 is 23.5 Å². The molecular weight excluding hydrogens is 384 g/mol. The maximum absolute atomic E-state index is 12.3. The molecule has 1 fully saturated rings. The molecule has 1 saturated carbocycles. The van der Waals surface area contributed by atoms with Gasteiger partial charge in [-0.3, -0.25) is 14.4 Å². The van der Waals surface area contributed by atoms with Gasteiger partial charge in [0.1, 0.15) is 5.75 Å². The van der Waals surface area contributed by atoms with E-state index in [-0.39, 0.29) is 18.4 Å². The molecule has 2 aromatic rings. The number of hydrogen-bond donors (Lipinski definition) is 2. The average Bonchev–Trinajstić information content (AvgIpc) is 3.54. The van der Waals surface area contributed by atoms with E-state index in [1.54, 1.807) is 24.3 Å². The molecule has 1 aliphatic carbocycles. The summed E-state index contributed by atoms with van der Waals surface area (Å²) in [6.07, 6.45) is 2.59. The third kappa shape index (κ3) is 6.92. The first-order valence-electron chi connectivity index (χ1n) is 10.1. The summed E-state index contributed by atoms with van der Waals surface area (Å²) in [6.45, 7) is 1.96. The number of hydrogen-bond acceptors (Lipinski definition) is 5. The van der Waals surface area contributed by atoms with Crippen LogP contribution in [0.3, 0.4) is 0 Å². The van der Waals surface area contributed by atoms with Gasteiger partial charge in [0, 0.05) is 12.5 Å². The first-order chi connectivity index (χ1) is 14.5. The smallest absolute Gasteiger partial charge is 0.306 e. The van der Waals surface area contributed by atoms with Crippen LogP contribution in [0, 0.1) is 6.92 Å². The highest BCUT2D eigenvalue weighted by Gasteiger charge is 2.25. The third-order valence-corrected chi connectivity index (χ3v) is 4.51. The van der Waals surface area contributed by atoms with Crippen molar-refractivity contribution in [2.45, 2.75) is 38.6 Å². The first-order valence-corrected chi connectivity index (χ1v) is 10.1. The summed E-state index contributed by atoms with van der Waals surface area (Å²) in [5, 5.41) is 5.52. The summed E-state index contributed by atoms with van der Waals surface area (Å²) in [7, 11) is 0. The number of para-hydroxylation sites is 1. The molecule has 30 heavy (non-hydrogen) atoms. The second kappa shape index (κ2) is 10.4. The second-order valence-electron chi connectivity index (χ2n) is 7.27. The number of carbonyl (C=O) groups is 3. The van der Waals surface area contributed by atoms with Crippen molar-refractivity contribution in [2.24, 2.45) is 0 Å². The topological polar surface area (TPSA) is 93.7 Å². The SMILES string of the molecule is Cc1cccc(OCCCC(=O)OCC(=O)Nc2ccccc2C(=O)NC2CC2)c1. The Morgan fingerprint density at radius 3 is 2.63 bits per heavy atom. The summed E-state index contributed by atoms with van der Waals surface area (Å²) in [5.41, 5.74) is 1.88. The van der Waals surface area contributed by atoms with Crippen LogP contribution in [0.4, 0.5) is 5.69 Å². The molecule has 7 heteroatoms. The molecule has 2 aromatic carbocycles. The van der Waals surface area contributed by atoms with Crippen molar-refractivity contribution in [3.8, 4) is 5.75 Å². The van der Waals surface area contributed by atoms with E-state index in [1.165, 1.54) is 0 Å². The van der Waals surface area contributed by atoms with Crippen molar-refractivity contribution in [1.82, 2.24) is 5.32 Å². The van der Waals surface area contributed by atoms with Crippen molar-refractivity contribution in [3.63, 3.8) is 0 Å². The third-order valence-electron chi connectivity index (χ3n) is 4.51. The zero-order valence-electron chi connectivity index (χ0n) is 17.0. The van der Waals surface area contributed by atoms with E-state index in [1.807, 2.05) is 31.2 Å². The maximum atomic E-state index is 12.3. The van der Waals surface area contributed by atoms with Crippen LogP contribution in [0.15, 0.2) is 48.5 Å². The molecule has 2 N–H and O–H groups in total. The Morgan fingerprint density at radius 2 is 1.87 bits per heavy atom. The highest BCUT2D eigenvalue weighted by Crippen LogP contribution is 2.21. The minimum Gasteiger partial charge on any atom is -0.494 e. The Morgan fingerprint density at radius 1 is 1.07 bits per heavy atom. The lowest BCUT2D eigenvalue weighted by atomic mass is 10.1. The molecule has 158 valence electrons. The van der Waals surface area contributed by atoms with E-state index >= 15 is 0 Å². The number of rotatable bonds is 10. The summed E-state index contributed by atoms with van der Waals surface area (Å²) in [5.74, 6) is -0.435. The Balaban J connectivity index is 1.37. The number of benzene rings is 2. The molecule has 7 nitrogen and oxygen atoms in total. The Kier molecular flexibility index (Phi) is 7.43. The molecule has 0 bridgehead atoms. The number of aryl methyl sites for hydroxylation is 1. The number of carbonyl (C=O) groups excluding carboxylic acids is 3. The van der Waals surface area contributed by atoms with Gasteiger partial charge >= 0.3 is 5.97 Å². The standard InChI is InChI=1S/C23H26N2O5/c1-16-6-4-7-18(14-16)29-13-5-10-22(27)30-15-21(26)25-20-9-3-2-8-19(20)23(28)24-17-11-12-17/h2-4,6-9,14,17H,5,10-13,15H2,1H3,(H,24,28)(H,25,26). The number of ether oxygens (including phenoxy) is 2. The Labute approximate surface area is 175 Å². The maximum Gasteiger partial charge on any atom is 0.306 e. The van der Waals surface area contributed by atoms with E-state index in [9.17, 15) is 14.4 Å². The largest absolute Gasteiger partial charge is 0.494 e. The van der Waals surface area contributed by atoms with E-state index in [0.717, 1.165) is 24.2 Å². The highest BCUT2D eigenvalue weighted by atomic mass is 16.5. The molecule has 1 aliphatic rings. The number of esters is 1. The van der Waals surface area contributed by atoms with Gasteiger partial charge in [-0.2, -0.15) is 0 Å². The van der Waals surface area contributed by atoms with Crippen LogP contribution in [0.5, 0.6) is 5.75 Å².